The number of aryl methyl sites for hydroxylation is 1. The standard InChI is InChI=1S/C20H26N6OS.HI/c1-15-24-25-19(26(15)2)13-23-20(22-12-18-9-6-10-28-18)21-11-17(14-27)16-7-4-3-5-8-16;/h3-10,17,27H,11-14H2,1-2H3,(H2,21,22,23);1H. The first-order valence-corrected chi connectivity index (χ1v) is 10.1. The van der Waals surface area contributed by atoms with Crippen molar-refractivity contribution >= 4 is 41.3 Å². The van der Waals surface area contributed by atoms with Gasteiger partial charge in [0, 0.05) is 24.4 Å². The summed E-state index contributed by atoms with van der Waals surface area (Å²) in [5.41, 5.74) is 1.10. The third kappa shape index (κ3) is 6.79. The number of benzene rings is 1. The van der Waals surface area contributed by atoms with Crippen LogP contribution in [-0.4, -0.2) is 39.0 Å². The molecule has 1 atom stereocenters. The molecule has 0 radical (unpaired) electrons. The first-order chi connectivity index (χ1) is 13.7. The summed E-state index contributed by atoms with van der Waals surface area (Å²) < 4.78 is 1.93. The largest absolute Gasteiger partial charge is 0.396 e. The van der Waals surface area contributed by atoms with Gasteiger partial charge in [0.1, 0.15) is 12.4 Å². The Morgan fingerprint density at radius 3 is 2.59 bits per heavy atom. The van der Waals surface area contributed by atoms with Gasteiger partial charge in [-0.1, -0.05) is 36.4 Å². The van der Waals surface area contributed by atoms with Crippen LogP contribution in [0, 0.1) is 6.92 Å². The zero-order valence-corrected chi connectivity index (χ0v) is 19.7. The maximum absolute atomic E-state index is 9.80. The van der Waals surface area contributed by atoms with Gasteiger partial charge in [0.2, 0.25) is 0 Å². The summed E-state index contributed by atoms with van der Waals surface area (Å²) in [6.45, 7) is 3.68. The molecule has 9 heteroatoms. The number of hydrogen-bond acceptors (Lipinski definition) is 5. The molecule has 0 saturated heterocycles. The molecule has 3 aromatic rings. The van der Waals surface area contributed by atoms with Crippen LogP contribution in [0.25, 0.3) is 0 Å². The van der Waals surface area contributed by atoms with E-state index in [0.29, 0.717) is 25.6 Å². The molecule has 0 aliphatic heterocycles. The van der Waals surface area contributed by atoms with E-state index in [1.54, 1.807) is 11.3 Å². The lowest BCUT2D eigenvalue weighted by Crippen LogP contribution is -2.39. The fourth-order valence-corrected chi connectivity index (χ4v) is 3.37. The molecule has 3 rings (SSSR count). The molecule has 0 aliphatic carbocycles. The van der Waals surface area contributed by atoms with E-state index in [9.17, 15) is 5.11 Å². The smallest absolute Gasteiger partial charge is 0.192 e. The van der Waals surface area contributed by atoms with Gasteiger partial charge in [0.15, 0.2) is 11.8 Å². The van der Waals surface area contributed by atoms with Crippen molar-refractivity contribution in [2.45, 2.75) is 25.9 Å². The minimum absolute atomic E-state index is 0. The van der Waals surface area contributed by atoms with Crippen LogP contribution in [0.1, 0.15) is 28.0 Å². The second kappa shape index (κ2) is 11.9. The number of guanidine groups is 1. The zero-order valence-electron chi connectivity index (χ0n) is 16.6. The molecular weight excluding hydrogens is 499 g/mol. The van der Waals surface area contributed by atoms with Gasteiger partial charge < -0.3 is 20.3 Å². The molecule has 0 bridgehead atoms. The number of aliphatic hydroxyl groups is 1. The second-order valence-corrected chi connectivity index (χ2v) is 7.52. The summed E-state index contributed by atoms with van der Waals surface area (Å²) in [5.74, 6) is 2.34. The number of hydrogen-bond donors (Lipinski definition) is 3. The van der Waals surface area contributed by atoms with Crippen LogP contribution in [-0.2, 0) is 20.1 Å². The summed E-state index contributed by atoms with van der Waals surface area (Å²) in [6, 6.07) is 14.1. The number of thiophene rings is 1. The Balaban J connectivity index is 0.00000300. The highest BCUT2D eigenvalue weighted by molar-refractivity contribution is 14.0. The Kier molecular flexibility index (Phi) is 9.55. The van der Waals surface area contributed by atoms with Crippen molar-refractivity contribution in [3.63, 3.8) is 0 Å². The average molecular weight is 526 g/mol. The topological polar surface area (TPSA) is 87.4 Å². The predicted molar refractivity (Wildman–Crippen MR) is 128 cm³/mol. The van der Waals surface area contributed by atoms with Crippen molar-refractivity contribution in [2.24, 2.45) is 12.0 Å². The highest BCUT2D eigenvalue weighted by Gasteiger charge is 2.12. The van der Waals surface area contributed by atoms with Crippen LogP contribution in [0.15, 0.2) is 52.8 Å². The van der Waals surface area contributed by atoms with Gasteiger partial charge in [-0.2, -0.15) is 0 Å². The SMILES string of the molecule is Cc1nnc(CN=C(NCc2cccs2)NCC(CO)c2ccccc2)n1C.I. The van der Waals surface area contributed by atoms with Gasteiger partial charge in [0.05, 0.1) is 13.2 Å². The normalized spacial score (nSPS) is 12.3. The first kappa shape index (κ1) is 23.3. The number of aromatic nitrogens is 3. The van der Waals surface area contributed by atoms with E-state index in [1.165, 1.54) is 4.88 Å². The lowest BCUT2D eigenvalue weighted by molar-refractivity contribution is 0.265. The lowest BCUT2D eigenvalue weighted by Gasteiger charge is -2.18. The van der Waals surface area contributed by atoms with Crippen LogP contribution in [0.2, 0.25) is 0 Å². The number of aliphatic imine (C=N–C) groups is 1. The molecule has 156 valence electrons. The molecule has 3 N–H and O–H groups in total. The molecule has 7 nitrogen and oxygen atoms in total. The highest BCUT2D eigenvalue weighted by Crippen LogP contribution is 2.13. The zero-order chi connectivity index (χ0) is 19.8. The molecule has 2 aromatic heterocycles. The van der Waals surface area contributed by atoms with Gasteiger partial charge in [-0.15, -0.1) is 45.5 Å². The number of nitrogens with one attached hydrogen (secondary N) is 2. The summed E-state index contributed by atoms with van der Waals surface area (Å²) in [6.07, 6.45) is 0. The van der Waals surface area contributed by atoms with Crippen molar-refractivity contribution < 1.29 is 5.11 Å². The third-order valence-corrected chi connectivity index (χ3v) is 5.46. The van der Waals surface area contributed by atoms with Crippen LogP contribution in [0.5, 0.6) is 0 Å². The Bertz CT molecular complexity index is 882. The van der Waals surface area contributed by atoms with Crippen LogP contribution in [0.4, 0.5) is 0 Å². The maximum Gasteiger partial charge on any atom is 0.192 e. The molecule has 0 amide bonds. The van der Waals surface area contributed by atoms with Gasteiger partial charge in [-0.3, -0.25) is 0 Å². The summed E-state index contributed by atoms with van der Waals surface area (Å²) >= 11 is 1.70. The summed E-state index contributed by atoms with van der Waals surface area (Å²) in [4.78, 5) is 5.89. The van der Waals surface area contributed by atoms with Crippen LogP contribution in [0.3, 0.4) is 0 Å². The molecule has 1 unspecified atom stereocenters. The summed E-state index contributed by atoms with van der Waals surface area (Å²) in [7, 11) is 1.93. The van der Waals surface area contributed by atoms with Gasteiger partial charge in [-0.05, 0) is 23.9 Å². The van der Waals surface area contributed by atoms with E-state index in [4.69, 9.17) is 0 Å². The minimum atomic E-state index is -0.00740. The lowest BCUT2D eigenvalue weighted by atomic mass is 10.0. The van der Waals surface area contributed by atoms with E-state index in [2.05, 4.69) is 37.3 Å². The predicted octanol–water partition coefficient (Wildman–Crippen LogP) is 2.81. The van der Waals surface area contributed by atoms with Gasteiger partial charge in [0.25, 0.3) is 0 Å². The molecule has 0 aliphatic rings. The van der Waals surface area contributed by atoms with E-state index < -0.39 is 0 Å². The Labute approximate surface area is 192 Å². The summed E-state index contributed by atoms with van der Waals surface area (Å²) in [5, 5.41) is 26.8. The van der Waals surface area contributed by atoms with Crippen LogP contribution < -0.4 is 10.6 Å². The quantitative estimate of drug-likeness (QED) is 0.239. The van der Waals surface area contributed by atoms with Crippen molar-refractivity contribution in [2.75, 3.05) is 13.2 Å². The molecule has 0 saturated carbocycles. The van der Waals surface area contributed by atoms with Crippen molar-refractivity contribution in [1.82, 2.24) is 25.4 Å². The van der Waals surface area contributed by atoms with E-state index in [1.807, 2.05) is 54.9 Å². The number of halogens is 1. The Morgan fingerprint density at radius 2 is 1.97 bits per heavy atom. The molecular formula is C20H27IN6OS. The minimum Gasteiger partial charge on any atom is -0.396 e. The molecule has 29 heavy (non-hydrogen) atoms. The van der Waals surface area contributed by atoms with Crippen LogP contribution >= 0.6 is 35.3 Å². The van der Waals surface area contributed by atoms with E-state index in [-0.39, 0.29) is 36.5 Å². The number of rotatable bonds is 8. The fourth-order valence-electron chi connectivity index (χ4n) is 2.73. The molecule has 0 fully saturated rings. The van der Waals surface area contributed by atoms with E-state index >= 15 is 0 Å². The molecule has 2 heterocycles. The monoisotopic (exact) mass is 526 g/mol. The van der Waals surface area contributed by atoms with Gasteiger partial charge >= 0.3 is 0 Å². The fraction of sp³-hybridized carbons (Fsp3) is 0.350. The van der Waals surface area contributed by atoms with Crippen molar-refractivity contribution in [3.05, 3.63) is 69.9 Å². The third-order valence-electron chi connectivity index (χ3n) is 4.58. The molecule has 1 aromatic carbocycles. The average Bonchev–Trinajstić information content (AvgIpc) is 3.35. The Hall–Kier alpha value is -1.98. The molecule has 0 spiro atoms. The first-order valence-electron chi connectivity index (χ1n) is 9.22. The van der Waals surface area contributed by atoms with E-state index in [0.717, 1.165) is 17.2 Å². The second-order valence-electron chi connectivity index (χ2n) is 6.49. The van der Waals surface area contributed by atoms with Gasteiger partial charge in [-0.25, -0.2) is 4.99 Å². The number of nitrogens with zero attached hydrogens (tertiary/aromatic N) is 4. The van der Waals surface area contributed by atoms with Crippen molar-refractivity contribution in [1.29, 1.82) is 0 Å². The Morgan fingerprint density at radius 1 is 1.17 bits per heavy atom. The maximum atomic E-state index is 9.80. The highest BCUT2D eigenvalue weighted by atomic mass is 127. The number of aliphatic hydroxyl groups excluding tert-OH is 1. The van der Waals surface area contributed by atoms with Crippen molar-refractivity contribution in [3.8, 4) is 0 Å².